The molecule has 1 fully saturated rings. The molecule has 0 aromatic heterocycles. The highest BCUT2D eigenvalue weighted by Gasteiger charge is 2.27. The first-order valence-corrected chi connectivity index (χ1v) is 11.5. The molecule has 0 saturated heterocycles. The van der Waals surface area contributed by atoms with E-state index in [0.29, 0.717) is 12.8 Å². The Hall–Kier alpha value is -2.66. The van der Waals surface area contributed by atoms with Crippen LogP contribution in [0.1, 0.15) is 56.1 Å². The monoisotopic (exact) mass is 422 g/mol. The summed E-state index contributed by atoms with van der Waals surface area (Å²) in [6.07, 6.45) is 8.31. The van der Waals surface area contributed by atoms with Crippen molar-refractivity contribution < 1.29 is 14.3 Å². The van der Waals surface area contributed by atoms with Crippen LogP contribution < -0.4 is 11.1 Å². The zero-order valence-corrected chi connectivity index (χ0v) is 18.2. The average molecular weight is 423 g/mol. The Balaban J connectivity index is 1.64. The fraction of sp³-hybridized carbons (Fsp3) is 0.462. The third-order valence-corrected chi connectivity index (χ3v) is 5.85. The molecule has 0 bridgehead atoms. The van der Waals surface area contributed by atoms with Gasteiger partial charge in [-0.3, -0.25) is 4.79 Å². The van der Waals surface area contributed by atoms with E-state index in [1.807, 2.05) is 60.7 Å². The fourth-order valence-electron chi connectivity index (χ4n) is 4.07. The number of esters is 1. The van der Waals surface area contributed by atoms with Crippen LogP contribution in [0.3, 0.4) is 0 Å². The topological polar surface area (TPSA) is 81.4 Å². The maximum atomic E-state index is 13.1. The molecule has 0 unspecified atom stereocenters. The molecule has 31 heavy (non-hydrogen) atoms. The van der Waals surface area contributed by atoms with Crippen LogP contribution in [0, 0.1) is 0 Å². The molecule has 0 aliphatic heterocycles. The van der Waals surface area contributed by atoms with Crippen molar-refractivity contribution in [1.29, 1.82) is 0 Å². The molecule has 1 saturated carbocycles. The van der Waals surface area contributed by atoms with Crippen LogP contribution in [-0.2, 0) is 27.2 Å². The van der Waals surface area contributed by atoms with Crippen LogP contribution in [0.4, 0.5) is 0 Å². The molecular weight excluding hydrogens is 388 g/mol. The number of ether oxygens (including phenoxy) is 1. The lowest BCUT2D eigenvalue weighted by Crippen LogP contribution is -2.51. The van der Waals surface area contributed by atoms with Gasteiger partial charge in [-0.2, -0.15) is 0 Å². The Morgan fingerprint density at radius 3 is 1.94 bits per heavy atom. The van der Waals surface area contributed by atoms with Gasteiger partial charge in [0.05, 0.1) is 6.04 Å². The summed E-state index contributed by atoms with van der Waals surface area (Å²) in [7, 11) is 0. The van der Waals surface area contributed by atoms with Crippen LogP contribution >= 0.6 is 0 Å². The van der Waals surface area contributed by atoms with Crippen molar-refractivity contribution in [3.63, 3.8) is 0 Å². The standard InChI is InChI=1S/C26H34N2O3/c27-23(18-20-12-6-4-7-13-20)25(29)28-24(19-21-14-8-5-9-15-21)26(30)31-22-16-10-2-1-3-11-17-22/h4-9,12-15,22-24H,1-3,10-11,16-19,27H2,(H,28,29)/t23-,24-/m0/s1. The number of carbonyl (C=O) groups is 2. The molecule has 2 aromatic rings. The third-order valence-electron chi connectivity index (χ3n) is 5.85. The Bertz CT molecular complexity index is 802. The molecule has 1 amide bonds. The molecule has 3 rings (SSSR count). The second-order valence-corrected chi connectivity index (χ2v) is 8.45. The van der Waals surface area contributed by atoms with Gasteiger partial charge in [0.15, 0.2) is 0 Å². The fourth-order valence-corrected chi connectivity index (χ4v) is 4.07. The summed E-state index contributed by atoms with van der Waals surface area (Å²) in [6, 6.07) is 17.9. The van der Waals surface area contributed by atoms with Gasteiger partial charge < -0.3 is 15.8 Å². The molecule has 0 radical (unpaired) electrons. The Kier molecular flexibility index (Phi) is 9.10. The van der Waals surface area contributed by atoms with Gasteiger partial charge in [-0.15, -0.1) is 0 Å². The summed E-state index contributed by atoms with van der Waals surface area (Å²) in [5, 5.41) is 2.86. The van der Waals surface area contributed by atoms with Crippen molar-refractivity contribution in [2.75, 3.05) is 0 Å². The highest BCUT2D eigenvalue weighted by atomic mass is 16.5. The number of hydrogen-bond donors (Lipinski definition) is 2. The first-order valence-electron chi connectivity index (χ1n) is 11.5. The predicted octanol–water partition coefficient (Wildman–Crippen LogP) is 3.94. The van der Waals surface area contributed by atoms with Gasteiger partial charge in [0, 0.05) is 6.42 Å². The quantitative estimate of drug-likeness (QED) is 0.632. The molecule has 1 aliphatic rings. The first-order chi connectivity index (χ1) is 15.1. The van der Waals surface area contributed by atoms with Crippen LogP contribution in [0.15, 0.2) is 60.7 Å². The molecule has 166 valence electrons. The zero-order chi connectivity index (χ0) is 21.9. The van der Waals surface area contributed by atoms with Gasteiger partial charge in [0.1, 0.15) is 12.1 Å². The van der Waals surface area contributed by atoms with Crippen LogP contribution in [0.25, 0.3) is 0 Å². The summed E-state index contributed by atoms with van der Waals surface area (Å²) in [5.74, 6) is -0.700. The van der Waals surface area contributed by atoms with E-state index in [2.05, 4.69) is 5.32 Å². The van der Waals surface area contributed by atoms with Crippen molar-refractivity contribution in [2.24, 2.45) is 5.73 Å². The summed E-state index contributed by atoms with van der Waals surface area (Å²) in [6.45, 7) is 0. The van der Waals surface area contributed by atoms with Gasteiger partial charge in [-0.25, -0.2) is 4.79 Å². The van der Waals surface area contributed by atoms with Gasteiger partial charge in [-0.05, 0) is 43.2 Å². The Labute approximate surface area is 185 Å². The summed E-state index contributed by atoms with van der Waals surface area (Å²) < 4.78 is 5.87. The molecule has 0 heterocycles. The van der Waals surface area contributed by atoms with E-state index in [0.717, 1.165) is 36.8 Å². The molecule has 3 N–H and O–H groups in total. The number of nitrogens with two attached hydrogens (primary N) is 1. The highest BCUT2D eigenvalue weighted by molar-refractivity contribution is 5.87. The molecular formula is C26H34N2O3. The van der Waals surface area contributed by atoms with Crippen LogP contribution in [0.2, 0.25) is 0 Å². The van der Waals surface area contributed by atoms with Gasteiger partial charge >= 0.3 is 5.97 Å². The Morgan fingerprint density at radius 2 is 1.35 bits per heavy atom. The minimum Gasteiger partial charge on any atom is -0.461 e. The number of amides is 1. The second kappa shape index (κ2) is 12.3. The van der Waals surface area contributed by atoms with Crippen molar-refractivity contribution in [2.45, 2.75) is 76.0 Å². The highest BCUT2D eigenvalue weighted by Crippen LogP contribution is 2.20. The zero-order valence-electron chi connectivity index (χ0n) is 18.2. The maximum Gasteiger partial charge on any atom is 0.329 e. The second-order valence-electron chi connectivity index (χ2n) is 8.45. The van der Waals surface area contributed by atoms with Crippen molar-refractivity contribution in [3.8, 4) is 0 Å². The minimum atomic E-state index is -0.748. The third kappa shape index (κ3) is 7.83. The molecule has 1 aliphatic carbocycles. The molecule has 2 aromatic carbocycles. The number of rotatable bonds is 8. The number of hydrogen-bond acceptors (Lipinski definition) is 4. The van der Waals surface area contributed by atoms with E-state index < -0.39 is 12.1 Å². The van der Waals surface area contributed by atoms with E-state index in [-0.39, 0.29) is 18.0 Å². The number of nitrogens with one attached hydrogen (secondary N) is 1. The first kappa shape index (κ1) is 23.0. The molecule has 5 heteroatoms. The van der Waals surface area contributed by atoms with Gasteiger partial charge in [0.25, 0.3) is 0 Å². The van der Waals surface area contributed by atoms with E-state index in [4.69, 9.17) is 10.5 Å². The lowest BCUT2D eigenvalue weighted by molar-refractivity contribution is -0.154. The molecule has 2 atom stereocenters. The van der Waals surface area contributed by atoms with Crippen molar-refractivity contribution in [3.05, 3.63) is 71.8 Å². The minimum absolute atomic E-state index is 0.0685. The SMILES string of the molecule is N[C@@H](Cc1ccccc1)C(=O)N[C@@H](Cc1ccccc1)C(=O)OC1CCCCCCC1. The smallest absolute Gasteiger partial charge is 0.329 e. The lowest BCUT2D eigenvalue weighted by atomic mass is 9.98. The Morgan fingerprint density at radius 1 is 0.839 bits per heavy atom. The van der Waals surface area contributed by atoms with Crippen LogP contribution in [0.5, 0.6) is 0 Å². The summed E-state index contributed by atoms with van der Waals surface area (Å²) in [4.78, 5) is 25.9. The summed E-state index contributed by atoms with van der Waals surface area (Å²) in [5.41, 5.74) is 8.11. The molecule has 5 nitrogen and oxygen atoms in total. The van der Waals surface area contributed by atoms with E-state index in [1.54, 1.807) is 0 Å². The maximum absolute atomic E-state index is 13.1. The van der Waals surface area contributed by atoms with Crippen LogP contribution in [-0.4, -0.2) is 30.1 Å². The predicted molar refractivity (Wildman–Crippen MR) is 122 cm³/mol. The number of carbonyl (C=O) groups excluding carboxylic acids is 2. The summed E-state index contributed by atoms with van der Waals surface area (Å²) >= 11 is 0. The number of benzene rings is 2. The van der Waals surface area contributed by atoms with Gasteiger partial charge in [0.2, 0.25) is 5.91 Å². The van der Waals surface area contributed by atoms with E-state index in [9.17, 15) is 9.59 Å². The van der Waals surface area contributed by atoms with Gasteiger partial charge in [-0.1, -0.05) is 79.9 Å². The average Bonchev–Trinajstić information content (AvgIpc) is 2.76. The van der Waals surface area contributed by atoms with E-state index in [1.165, 1.54) is 19.3 Å². The van der Waals surface area contributed by atoms with E-state index >= 15 is 0 Å². The lowest BCUT2D eigenvalue weighted by Gasteiger charge is -2.25. The van der Waals surface area contributed by atoms with Crippen molar-refractivity contribution >= 4 is 11.9 Å². The van der Waals surface area contributed by atoms with Crippen molar-refractivity contribution in [1.82, 2.24) is 5.32 Å². The molecule has 0 spiro atoms. The normalized spacial score (nSPS) is 17.1. The largest absolute Gasteiger partial charge is 0.461 e.